The van der Waals surface area contributed by atoms with Crippen molar-refractivity contribution in [2.45, 2.75) is 6.92 Å². The Balaban J connectivity index is 1.40. The summed E-state index contributed by atoms with van der Waals surface area (Å²) in [6.07, 6.45) is 3.40. The number of allylic oxidation sites excluding steroid dienone is 1. The summed E-state index contributed by atoms with van der Waals surface area (Å²) < 4.78 is 13.1. The highest BCUT2D eigenvalue weighted by molar-refractivity contribution is 5.95. The SMILES string of the molecule is C/C(=C/C(=O)N1CCN(c2ccnc(-c3ccccc3)n2)CC1)c1ccc(F)cc1. The van der Waals surface area contributed by atoms with E-state index in [1.165, 1.54) is 12.1 Å². The molecular weight excluding hydrogens is 379 g/mol. The van der Waals surface area contributed by atoms with E-state index in [1.807, 2.05) is 48.2 Å². The van der Waals surface area contributed by atoms with Gasteiger partial charge in [0, 0.05) is 44.0 Å². The molecule has 1 fully saturated rings. The van der Waals surface area contributed by atoms with Crippen LogP contribution in [0.5, 0.6) is 0 Å². The minimum absolute atomic E-state index is 0.0239. The van der Waals surface area contributed by atoms with Gasteiger partial charge in [0.25, 0.3) is 0 Å². The quantitative estimate of drug-likeness (QED) is 0.618. The van der Waals surface area contributed by atoms with Crippen LogP contribution in [-0.4, -0.2) is 47.0 Å². The fourth-order valence-corrected chi connectivity index (χ4v) is 3.48. The van der Waals surface area contributed by atoms with E-state index >= 15 is 0 Å². The van der Waals surface area contributed by atoms with Gasteiger partial charge in [0.15, 0.2) is 5.82 Å². The molecule has 1 amide bonds. The third-order valence-corrected chi connectivity index (χ3v) is 5.23. The molecule has 30 heavy (non-hydrogen) atoms. The Bertz CT molecular complexity index is 1040. The van der Waals surface area contributed by atoms with Crippen molar-refractivity contribution in [3.8, 4) is 11.4 Å². The fourth-order valence-electron chi connectivity index (χ4n) is 3.48. The van der Waals surface area contributed by atoms with Gasteiger partial charge >= 0.3 is 0 Å². The Morgan fingerprint density at radius 1 is 0.967 bits per heavy atom. The van der Waals surface area contributed by atoms with Crippen LogP contribution in [0.15, 0.2) is 72.9 Å². The van der Waals surface area contributed by atoms with Crippen molar-refractivity contribution in [1.82, 2.24) is 14.9 Å². The molecule has 2 aromatic carbocycles. The topological polar surface area (TPSA) is 49.3 Å². The molecule has 1 aromatic heterocycles. The lowest BCUT2D eigenvalue weighted by molar-refractivity contribution is -0.126. The van der Waals surface area contributed by atoms with Crippen LogP contribution in [0.3, 0.4) is 0 Å². The van der Waals surface area contributed by atoms with E-state index in [0.717, 1.165) is 22.5 Å². The Kier molecular flexibility index (Phi) is 5.84. The summed E-state index contributed by atoms with van der Waals surface area (Å²) in [7, 11) is 0. The van der Waals surface area contributed by atoms with Crippen molar-refractivity contribution in [1.29, 1.82) is 0 Å². The highest BCUT2D eigenvalue weighted by Crippen LogP contribution is 2.20. The molecule has 0 spiro atoms. The smallest absolute Gasteiger partial charge is 0.246 e. The van der Waals surface area contributed by atoms with Crippen LogP contribution in [-0.2, 0) is 4.79 Å². The van der Waals surface area contributed by atoms with Gasteiger partial charge in [-0.15, -0.1) is 0 Å². The fraction of sp³-hybridized carbons (Fsp3) is 0.208. The number of carbonyl (C=O) groups excluding carboxylic acids is 1. The molecule has 0 aliphatic carbocycles. The molecule has 2 heterocycles. The summed E-state index contributed by atoms with van der Waals surface area (Å²) in [5.74, 6) is 1.26. The summed E-state index contributed by atoms with van der Waals surface area (Å²) in [5.41, 5.74) is 2.65. The minimum atomic E-state index is -0.283. The number of rotatable bonds is 4. The predicted molar refractivity (Wildman–Crippen MR) is 116 cm³/mol. The van der Waals surface area contributed by atoms with Crippen molar-refractivity contribution in [2.24, 2.45) is 0 Å². The first kappa shape index (κ1) is 19.8. The standard InChI is InChI=1S/C24H23FN4O/c1-18(19-7-9-21(25)10-8-19)17-23(30)29-15-13-28(14-16-29)22-11-12-26-24(27-22)20-5-3-2-4-6-20/h2-12,17H,13-16H2,1H3/b18-17-. The summed E-state index contributed by atoms with van der Waals surface area (Å²) in [4.78, 5) is 25.8. The highest BCUT2D eigenvalue weighted by Gasteiger charge is 2.21. The number of hydrogen-bond donors (Lipinski definition) is 0. The summed E-state index contributed by atoms with van der Waals surface area (Å²) in [5, 5.41) is 0. The van der Waals surface area contributed by atoms with Crippen LogP contribution in [0.1, 0.15) is 12.5 Å². The van der Waals surface area contributed by atoms with Crippen LogP contribution in [0.4, 0.5) is 10.2 Å². The van der Waals surface area contributed by atoms with E-state index in [9.17, 15) is 9.18 Å². The number of aromatic nitrogens is 2. The van der Waals surface area contributed by atoms with Crippen molar-refractivity contribution in [3.63, 3.8) is 0 Å². The number of amides is 1. The van der Waals surface area contributed by atoms with E-state index in [-0.39, 0.29) is 11.7 Å². The normalized spacial score (nSPS) is 14.7. The van der Waals surface area contributed by atoms with E-state index in [0.29, 0.717) is 32.0 Å². The molecule has 4 rings (SSSR count). The number of piperazine rings is 1. The first-order valence-corrected chi connectivity index (χ1v) is 9.97. The van der Waals surface area contributed by atoms with Gasteiger partial charge in [-0.2, -0.15) is 0 Å². The molecular formula is C24H23FN4O. The molecule has 1 aliphatic rings. The molecule has 5 nitrogen and oxygen atoms in total. The highest BCUT2D eigenvalue weighted by atomic mass is 19.1. The average Bonchev–Trinajstić information content (AvgIpc) is 2.80. The van der Waals surface area contributed by atoms with Gasteiger partial charge in [0.2, 0.25) is 5.91 Å². The number of halogens is 1. The summed E-state index contributed by atoms with van der Waals surface area (Å²) in [6.45, 7) is 4.53. The Morgan fingerprint density at radius 2 is 1.67 bits per heavy atom. The number of benzene rings is 2. The number of carbonyl (C=O) groups is 1. The van der Waals surface area contributed by atoms with Crippen LogP contribution in [0, 0.1) is 5.82 Å². The maximum atomic E-state index is 13.1. The minimum Gasteiger partial charge on any atom is -0.353 e. The van der Waals surface area contributed by atoms with Gasteiger partial charge in [0.05, 0.1) is 0 Å². The van der Waals surface area contributed by atoms with Crippen molar-refractivity contribution in [2.75, 3.05) is 31.1 Å². The molecule has 0 unspecified atom stereocenters. The lowest BCUT2D eigenvalue weighted by Crippen LogP contribution is -2.48. The van der Waals surface area contributed by atoms with Crippen molar-refractivity contribution < 1.29 is 9.18 Å². The Labute approximate surface area is 175 Å². The third-order valence-electron chi connectivity index (χ3n) is 5.23. The molecule has 0 atom stereocenters. The zero-order chi connectivity index (χ0) is 20.9. The van der Waals surface area contributed by atoms with E-state index < -0.39 is 0 Å². The van der Waals surface area contributed by atoms with Gasteiger partial charge in [-0.05, 0) is 36.3 Å². The second kappa shape index (κ2) is 8.86. The van der Waals surface area contributed by atoms with Gasteiger partial charge < -0.3 is 9.80 Å². The first-order chi connectivity index (χ1) is 14.6. The summed E-state index contributed by atoms with van der Waals surface area (Å²) >= 11 is 0. The molecule has 1 saturated heterocycles. The molecule has 0 saturated carbocycles. The number of anilines is 1. The van der Waals surface area contributed by atoms with E-state index in [4.69, 9.17) is 4.98 Å². The maximum absolute atomic E-state index is 13.1. The van der Waals surface area contributed by atoms with Crippen LogP contribution >= 0.6 is 0 Å². The second-order valence-corrected chi connectivity index (χ2v) is 7.25. The van der Waals surface area contributed by atoms with Gasteiger partial charge in [-0.25, -0.2) is 14.4 Å². The maximum Gasteiger partial charge on any atom is 0.246 e. The average molecular weight is 402 g/mol. The summed E-state index contributed by atoms with van der Waals surface area (Å²) in [6, 6.07) is 18.0. The first-order valence-electron chi connectivity index (χ1n) is 9.97. The molecule has 6 heteroatoms. The van der Waals surface area contributed by atoms with E-state index in [1.54, 1.807) is 24.4 Å². The molecule has 0 bridgehead atoms. The molecule has 1 aliphatic heterocycles. The Hall–Kier alpha value is -3.54. The monoisotopic (exact) mass is 402 g/mol. The van der Waals surface area contributed by atoms with E-state index in [2.05, 4.69) is 9.88 Å². The van der Waals surface area contributed by atoms with Crippen LogP contribution in [0.2, 0.25) is 0 Å². The molecule has 3 aromatic rings. The van der Waals surface area contributed by atoms with Gasteiger partial charge in [-0.1, -0.05) is 42.5 Å². The zero-order valence-corrected chi connectivity index (χ0v) is 16.8. The lowest BCUT2D eigenvalue weighted by atomic mass is 10.1. The van der Waals surface area contributed by atoms with Crippen LogP contribution < -0.4 is 4.90 Å². The molecule has 152 valence electrons. The van der Waals surface area contributed by atoms with Gasteiger partial charge in [-0.3, -0.25) is 4.79 Å². The largest absolute Gasteiger partial charge is 0.353 e. The second-order valence-electron chi connectivity index (χ2n) is 7.25. The lowest BCUT2D eigenvalue weighted by Gasteiger charge is -2.35. The molecule has 0 N–H and O–H groups in total. The number of hydrogen-bond acceptors (Lipinski definition) is 4. The van der Waals surface area contributed by atoms with Crippen molar-refractivity contribution in [3.05, 3.63) is 84.3 Å². The predicted octanol–water partition coefficient (Wildman–Crippen LogP) is 4.03. The number of nitrogens with zero attached hydrogens (tertiary/aromatic N) is 4. The molecule has 0 radical (unpaired) electrons. The third kappa shape index (κ3) is 4.54. The van der Waals surface area contributed by atoms with Crippen molar-refractivity contribution >= 4 is 17.3 Å². The van der Waals surface area contributed by atoms with Gasteiger partial charge in [0.1, 0.15) is 11.6 Å². The zero-order valence-electron chi connectivity index (χ0n) is 16.8. The Morgan fingerprint density at radius 3 is 2.37 bits per heavy atom. The van der Waals surface area contributed by atoms with Crippen LogP contribution in [0.25, 0.3) is 17.0 Å².